The molecule has 12 nitrogen and oxygen atoms in total. The van der Waals surface area contributed by atoms with E-state index in [9.17, 15) is 32.7 Å². The number of amides is 3. The third-order valence-electron chi connectivity index (χ3n) is 10.9. The van der Waals surface area contributed by atoms with E-state index in [0.717, 1.165) is 57.8 Å². The molecule has 0 bridgehead atoms. The monoisotopic (exact) mass is 723 g/mol. The third-order valence-corrected chi connectivity index (χ3v) is 13.7. The highest BCUT2D eigenvalue weighted by Gasteiger charge is 2.45. The summed E-state index contributed by atoms with van der Waals surface area (Å²) < 4.78 is 25.8. The molecule has 3 aliphatic rings. The quantitative estimate of drug-likeness (QED) is 0.122. The summed E-state index contributed by atoms with van der Waals surface area (Å²) in [7, 11) is -3.51. The fourth-order valence-electron chi connectivity index (χ4n) is 7.51. The van der Waals surface area contributed by atoms with Crippen molar-refractivity contribution in [3.63, 3.8) is 0 Å². The Morgan fingerprint density at radius 1 is 1.00 bits per heavy atom. The van der Waals surface area contributed by atoms with E-state index < -0.39 is 62.2 Å². The highest BCUT2D eigenvalue weighted by molar-refractivity contribution is 7.92. The maximum absolute atomic E-state index is 14.5. The summed E-state index contributed by atoms with van der Waals surface area (Å²) in [4.78, 5) is 55.8. The zero-order valence-electron chi connectivity index (χ0n) is 31.2. The topological polar surface area (TPSA) is 174 Å². The second kappa shape index (κ2) is 18.9. The first kappa shape index (κ1) is 42.1. The van der Waals surface area contributed by atoms with Gasteiger partial charge in [-0.3, -0.25) is 29.8 Å². The van der Waals surface area contributed by atoms with Gasteiger partial charge in [0.15, 0.2) is 16.2 Å². The molecule has 50 heavy (non-hydrogen) atoms. The van der Waals surface area contributed by atoms with Gasteiger partial charge in [0.25, 0.3) is 5.91 Å². The first-order chi connectivity index (χ1) is 23.5. The van der Waals surface area contributed by atoms with Gasteiger partial charge in [-0.2, -0.15) is 0 Å². The first-order valence-electron chi connectivity index (χ1n) is 19.0. The molecule has 3 rings (SSSR count). The van der Waals surface area contributed by atoms with Crippen molar-refractivity contribution < 1.29 is 32.7 Å². The molecule has 13 heteroatoms. The number of hydrogen-bond donors (Lipinski definition) is 5. The second-order valence-electron chi connectivity index (χ2n) is 16.2. The van der Waals surface area contributed by atoms with Crippen molar-refractivity contribution in [1.29, 1.82) is 0 Å². The molecule has 0 spiro atoms. The lowest BCUT2D eigenvalue weighted by molar-refractivity contribution is -0.143. The minimum Gasteiger partial charge on any atom is -0.365 e. The molecule has 5 atom stereocenters. The fraction of sp³-hybridized carbons (Fsp3) is 0.838. The van der Waals surface area contributed by atoms with Crippen molar-refractivity contribution >= 4 is 33.3 Å². The van der Waals surface area contributed by atoms with E-state index in [-0.39, 0.29) is 30.0 Å². The molecule has 0 aromatic rings. The number of aliphatic hydroxyl groups excluding tert-OH is 1. The molecule has 2 heterocycles. The predicted molar refractivity (Wildman–Crippen MR) is 196 cm³/mol. The maximum Gasteiger partial charge on any atom is 0.289 e. The van der Waals surface area contributed by atoms with Gasteiger partial charge in [-0.25, -0.2) is 8.42 Å². The molecular weight excluding hydrogens is 659 g/mol. The zero-order chi connectivity index (χ0) is 37.1. The van der Waals surface area contributed by atoms with E-state index in [1.165, 1.54) is 6.08 Å². The number of rotatable bonds is 11. The molecule has 3 amide bonds. The SMILES string of the molecule is C=CCNC(=O)C(=O)[C@@H]1CCCCCCCCC[C@H](NC(O)NC2(CS(=O)(=O)C(C)(C)C)CCCCC2)C(=O)N2C[C@H](C(C)C)C[C@H]2C(=O)N1. The molecule has 1 saturated carbocycles. The Hall–Kier alpha value is -2.35. The summed E-state index contributed by atoms with van der Waals surface area (Å²) in [6.07, 6.45) is 11.3. The predicted octanol–water partition coefficient (Wildman–Crippen LogP) is 3.48. The molecule has 2 saturated heterocycles. The van der Waals surface area contributed by atoms with Crippen LogP contribution in [0.3, 0.4) is 0 Å². The van der Waals surface area contributed by atoms with Crippen LogP contribution in [-0.2, 0) is 29.0 Å². The summed E-state index contributed by atoms with van der Waals surface area (Å²) >= 11 is 0. The lowest BCUT2D eigenvalue weighted by Gasteiger charge is -2.42. The summed E-state index contributed by atoms with van der Waals surface area (Å²) in [6.45, 7) is 13.2. The number of ketones is 1. The number of Topliss-reactive ketones (excluding diaryl/α,β-unsaturated/α-hetero) is 1. The van der Waals surface area contributed by atoms with Crippen LogP contribution in [0, 0.1) is 11.8 Å². The average Bonchev–Trinajstić information content (AvgIpc) is 3.50. The van der Waals surface area contributed by atoms with Crippen LogP contribution in [0.1, 0.15) is 131 Å². The van der Waals surface area contributed by atoms with E-state index in [2.05, 4.69) is 41.7 Å². The summed E-state index contributed by atoms with van der Waals surface area (Å²) in [6, 6.07) is -2.68. The highest BCUT2D eigenvalue weighted by atomic mass is 32.2. The van der Waals surface area contributed by atoms with Crippen molar-refractivity contribution in [2.75, 3.05) is 18.8 Å². The number of carbonyl (C=O) groups is 4. The lowest BCUT2D eigenvalue weighted by Crippen LogP contribution is -2.63. The van der Waals surface area contributed by atoms with E-state index in [1.54, 1.807) is 25.7 Å². The Balaban J connectivity index is 1.88. The van der Waals surface area contributed by atoms with Crippen LogP contribution in [0.2, 0.25) is 0 Å². The van der Waals surface area contributed by atoms with Gasteiger partial charge < -0.3 is 20.6 Å². The van der Waals surface area contributed by atoms with Crippen molar-refractivity contribution in [3.05, 3.63) is 12.7 Å². The minimum absolute atomic E-state index is 0.0404. The third kappa shape index (κ3) is 11.8. The van der Waals surface area contributed by atoms with E-state index in [0.29, 0.717) is 45.1 Å². The minimum atomic E-state index is -3.51. The Morgan fingerprint density at radius 2 is 1.58 bits per heavy atom. The van der Waals surface area contributed by atoms with Gasteiger partial charge in [0.2, 0.25) is 17.6 Å². The van der Waals surface area contributed by atoms with Gasteiger partial charge in [-0.1, -0.05) is 84.1 Å². The summed E-state index contributed by atoms with van der Waals surface area (Å²) in [5, 5.41) is 23.2. The van der Waals surface area contributed by atoms with Gasteiger partial charge in [0.1, 0.15) is 6.04 Å². The van der Waals surface area contributed by atoms with Gasteiger partial charge in [0, 0.05) is 18.6 Å². The average molecular weight is 724 g/mol. The van der Waals surface area contributed by atoms with E-state index in [1.807, 2.05) is 0 Å². The molecule has 1 unspecified atom stereocenters. The number of nitrogens with one attached hydrogen (secondary N) is 4. The van der Waals surface area contributed by atoms with Crippen LogP contribution < -0.4 is 21.3 Å². The number of carbonyl (C=O) groups excluding carboxylic acids is 4. The number of nitrogens with zero attached hydrogens (tertiary/aromatic N) is 1. The van der Waals surface area contributed by atoms with Gasteiger partial charge in [-0.15, -0.1) is 6.58 Å². The van der Waals surface area contributed by atoms with Crippen molar-refractivity contribution in [2.24, 2.45) is 11.8 Å². The molecule has 2 aliphatic heterocycles. The fourth-order valence-corrected chi connectivity index (χ4v) is 9.04. The van der Waals surface area contributed by atoms with Crippen LogP contribution in [0.5, 0.6) is 0 Å². The molecule has 5 N–H and O–H groups in total. The zero-order valence-corrected chi connectivity index (χ0v) is 32.0. The molecule has 0 radical (unpaired) electrons. The largest absolute Gasteiger partial charge is 0.365 e. The van der Waals surface area contributed by atoms with Crippen LogP contribution in [-0.4, -0.2) is 95.5 Å². The van der Waals surface area contributed by atoms with Crippen LogP contribution >= 0.6 is 0 Å². The Labute approximate surface area is 300 Å². The molecular formula is C37H65N5O7S. The molecule has 1 aliphatic carbocycles. The van der Waals surface area contributed by atoms with E-state index >= 15 is 0 Å². The maximum atomic E-state index is 14.5. The van der Waals surface area contributed by atoms with Gasteiger partial charge in [0.05, 0.1) is 22.6 Å². The van der Waals surface area contributed by atoms with Crippen LogP contribution in [0.25, 0.3) is 0 Å². The number of hydrogen-bond acceptors (Lipinski definition) is 9. The van der Waals surface area contributed by atoms with Crippen molar-refractivity contribution in [3.8, 4) is 0 Å². The summed E-state index contributed by atoms with van der Waals surface area (Å²) in [5.74, 6) is -2.15. The lowest BCUT2D eigenvalue weighted by atomic mass is 9.83. The van der Waals surface area contributed by atoms with Crippen molar-refractivity contribution in [2.45, 2.75) is 166 Å². The summed E-state index contributed by atoms with van der Waals surface area (Å²) in [5.41, 5.74) is -0.837. The normalized spacial score (nSPS) is 26.9. The number of fused-ring (bicyclic) bond motifs is 1. The number of sulfone groups is 1. The van der Waals surface area contributed by atoms with Crippen molar-refractivity contribution in [1.82, 2.24) is 26.2 Å². The molecule has 0 aromatic carbocycles. The smallest absolute Gasteiger partial charge is 0.289 e. The van der Waals surface area contributed by atoms with Gasteiger partial charge >= 0.3 is 0 Å². The Bertz CT molecular complexity index is 1280. The first-order valence-corrected chi connectivity index (χ1v) is 20.6. The van der Waals surface area contributed by atoms with Crippen LogP contribution in [0.15, 0.2) is 12.7 Å². The molecule has 3 fully saturated rings. The molecule has 0 aromatic heterocycles. The number of aliphatic hydroxyl groups is 1. The Kier molecular flexibility index (Phi) is 15.9. The van der Waals surface area contributed by atoms with Gasteiger partial charge in [-0.05, 0) is 64.7 Å². The van der Waals surface area contributed by atoms with Crippen LogP contribution in [0.4, 0.5) is 0 Å². The standard InChI is InChI=1S/C37H65N5O7S/c1-7-22-38-33(45)31(43)28-18-14-11-9-8-10-12-15-19-29(34(46)42-24-27(26(2)3)23-30(42)32(44)39-28)40-35(47)41-37(20-16-13-17-21-37)25-50(48,49)36(4,5)6/h7,26-30,35,40-41,47H,1,8-25H2,2-6H3,(H,38,45)(H,39,44)/t27-,28+,29+,30+,35?/m1/s1. The Morgan fingerprint density at radius 3 is 2.16 bits per heavy atom. The second-order valence-corrected chi connectivity index (χ2v) is 18.9. The van der Waals surface area contributed by atoms with E-state index in [4.69, 9.17) is 0 Å². The molecule has 286 valence electrons. The highest BCUT2D eigenvalue weighted by Crippen LogP contribution is 2.34.